The van der Waals surface area contributed by atoms with Gasteiger partial charge in [0.1, 0.15) is 5.82 Å². The van der Waals surface area contributed by atoms with E-state index in [0.29, 0.717) is 6.54 Å². The molecule has 0 heterocycles. The molecule has 1 aromatic carbocycles. The van der Waals surface area contributed by atoms with Crippen LogP contribution in [0.1, 0.15) is 17.0 Å². The van der Waals surface area contributed by atoms with Crippen LogP contribution in [0.3, 0.4) is 0 Å². The topological polar surface area (TPSA) is 26.0 Å². The average molecular weight is 151 g/mol. The molecule has 2 N–H and O–H groups in total. The smallest absolute Gasteiger partial charge is 0.127 e. The zero-order valence-electron chi connectivity index (χ0n) is 6.18. The second-order valence-electron chi connectivity index (χ2n) is 2.95. The minimum Gasteiger partial charge on any atom is -0.330 e. The molecule has 0 saturated heterocycles. The Hall–Kier alpha value is -0.890. The Kier molecular flexibility index (Phi) is 1.43. The van der Waals surface area contributed by atoms with Crippen molar-refractivity contribution in [1.29, 1.82) is 0 Å². The van der Waals surface area contributed by atoms with Gasteiger partial charge in [0.15, 0.2) is 0 Å². The van der Waals surface area contributed by atoms with E-state index in [2.05, 4.69) is 0 Å². The van der Waals surface area contributed by atoms with E-state index >= 15 is 0 Å². The maximum atomic E-state index is 13.0. The molecule has 0 saturated carbocycles. The third-order valence-corrected chi connectivity index (χ3v) is 2.30. The predicted molar refractivity (Wildman–Crippen MR) is 41.9 cm³/mol. The molecular formula is C9H10FN. The highest BCUT2D eigenvalue weighted by Gasteiger charge is 2.27. The van der Waals surface area contributed by atoms with E-state index in [9.17, 15) is 4.39 Å². The first-order valence-electron chi connectivity index (χ1n) is 3.80. The standard InChI is InChI=1S/C9H10FN/c10-8-3-1-2-6-4-7(5-11)9(6)8/h1-3,7H,4-5,11H2. The molecule has 0 aliphatic heterocycles. The predicted octanol–water partition coefficient (Wildman–Crippen LogP) is 1.42. The summed E-state index contributed by atoms with van der Waals surface area (Å²) >= 11 is 0. The molecule has 0 bridgehead atoms. The van der Waals surface area contributed by atoms with Gasteiger partial charge in [-0.1, -0.05) is 12.1 Å². The quantitative estimate of drug-likeness (QED) is 0.645. The van der Waals surface area contributed by atoms with Gasteiger partial charge in [0, 0.05) is 5.92 Å². The summed E-state index contributed by atoms with van der Waals surface area (Å²) in [5, 5.41) is 0. The molecule has 1 aromatic rings. The van der Waals surface area contributed by atoms with Crippen LogP contribution in [-0.2, 0) is 6.42 Å². The van der Waals surface area contributed by atoms with Gasteiger partial charge in [-0.15, -0.1) is 0 Å². The molecule has 0 aromatic heterocycles. The van der Waals surface area contributed by atoms with Crippen molar-refractivity contribution in [2.75, 3.05) is 6.54 Å². The Balaban J connectivity index is 2.43. The minimum atomic E-state index is -0.0933. The Labute approximate surface area is 65.0 Å². The van der Waals surface area contributed by atoms with E-state index in [4.69, 9.17) is 5.73 Å². The molecule has 1 nitrogen and oxygen atoms in total. The van der Waals surface area contributed by atoms with E-state index in [1.165, 1.54) is 6.07 Å². The van der Waals surface area contributed by atoms with Crippen molar-refractivity contribution < 1.29 is 4.39 Å². The van der Waals surface area contributed by atoms with Crippen LogP contribution in [0.15, 0.2) is 18.2 Å². The SMILES string of the molecule is NCC1Cc2cccc(F)c21. The van der Waals surface area contributed by atoms with Crippen molar-refractivity contribution in [2.45, 2.75) is 12.3 Å². The lowest BCUT2D eigenvalue weighted by atomic mass is 9.77. The lowest BCUT2D eigenvalue weighted by Crippen LogP contribution is -2.26. The van der Waals surface area contributed by atoms with Gasteiger partial charge in [-0.05, 0) is 30.2 Å². The summed E-state index contributed by atoms with van der Waals surface area (Å²) in [5.41, 5.74) is 7.42. The van der Waals surface area contributed by atoms with Crippen LogP contribution in [0, 0.1) is 5.82 Å². The van der Waals surface area contributed by atoms with Crippen molar-refractivity contribution in [3.63, 3.8) is 0 Å². The minimum absolute atomic E-state index is 0.0933. The number of hydrogen-bond donors (Lipinski definition) is 1. The zero-order valence-corrected chi connectivity index (χ0v) is 6.18. The number of hydrogen-bond acceptors (Lipinski definition) is 1. The maximum Gasteiger partial charge on any atom is 0.127 e. The maximum absolute atomic E-state index is 13.0. The van der Waals surface area contributed by atoms with Gasteiger partial charge in [0.2, 0.25) is 0 Å². The summed E-state index contributed by atoms with van der Waals surface area (Å²) in [6.07, 6.45) is 0.948. The van der Waals surface area contributed by atoms with E-state index in [0.717, 1.165) is 17.5 Å². The van der Waals surface area contributed by atoms with Crippen molar-refractivity contribution in [3.05, 3.63) is 35.1 Å². The van der Waals surface area contributed by atoms with Crippen LogP contribution < -0.4 is 5.73 Å². The Morgan fingerprint density at radius 3 is 3.00 bits per heavy atom. The van der Waals surface area contributed by atoms with Crippen LogP contribution in [0.25, 0.3) is 0 Å². The fourth-order valence-electron chi connectivity index (χ4n) is 1.65. The third-order valence-electron chi connectivity index (χ3n) is 2.30. The highest BCUT2D eigenvalue weighted by atomic mass is 19.1. The molecule has 58 valence electrons. The molecule has 0 radical (unpaired) electrons. The van der Waals surface area contributed by atoms with Crippen molar-refractivity contribution in [1.82, 2.24) is 0 Å². The zero-order chi connectivity index (χ0) is 7.84. The highest BCUT2D eigenvalue weighted by molar-refractivity contribution is 5.41. The van der Waals surface area contributed by atoms with Gasteiger partial charge in [-0.2, -0.15) is 0 Å². The summed E-state index contributed by atoms with van der Waals surface area (Å²) in [7, 11) is 0. The van der Waals surface area contributed by atoms with Gasteiger partial charge in [0.25, 0.3) is 0 Å². The van der Waals surface area contributed by atoms with Gasteiger partial charge in [0.05, 0.1) is 0 Å². The first-order chi connectivity index (χ1) is 5.33. The van der Waals surface area contributed by atoms with Crippen molar-refractivity contribution >= 4 is 0 Å². The summed E-state index contributed by atoms with van der Waals surface area (Å²) in [6.45, 7) is 0.563. The average Bonchev–Trinajstić information content (AvgIpc) is 1.93. The first-order valence-corrected chi connectivity index (χ1v) is 3.80. The fourth-order valence-corrected chi connectivity index (χ4v) is 1.65. The van der Waals surface area contributed by atoms with Crippen molar-refractivity contribution in [2.24, 2.45) is 5.73 Å². The molecular weight excluding hydrogens is 141 g/mol. The second kappa shape index (κ2) is 2.31. The number of nitrogens with two attached hydrogens (primary N) is 1. The normalized spacial score (nSPS) is 20.7. The molecule has 1 aliphatic rings. The Bertz CT molecular complexity index is 269. The van der Waals surface area contributed by atoms with Gasteiger partial charge in [-0.25, -0.2) is 4.39 Å². The summed E-state index contributed by atoms with van der Waals surface area (Å²) in [5.74, 6) is 0.176. The molecule has 1 aliphatic carbocycles. The molecule has 1 unspecified atom stereocenters. The number of benzene rings is 1. The molecule has 2 heteroatoms. The molecule has 2 rings (SSSR count). The van der Waals surface area contributed by atoms with Gasteiger partial charge >= 0.3 is 0 Å². The summed E-state index contributed by atoms with van der Waals surface area (Å²) in [4.78, 5) is 0. The van der Waals surface area contributed by atoms with E-state index < -0.39 is 0 Å². The number of halogens is 1. The number of rotatable bonds is 1. The summed E-state index contributed by atoms with van der Waals surface area (Å²) < 4.78 is 13.0. The lowest BCUT2D eigenvalue weighted by Gasteiger charge is -2.29. The van der Waals surface area contributed by atoms with Gasteiger partial charge in [-0.3, -0.25) is 0 Å². The molecule has 11 heavy (non-hydrogen) atoms. The van der Waals surface area contributed by atoms with Crippen LogP contribution in [0.2, 0.25) is 0 Å². The van der Waals surface area contributed by atoms with Crippen LogP contribution in [-0.4, -0.2) is 6.54 Å². The van der Waals surface area contributed by atoms with E-state index in [-0.39, 0.29) is 11.7 Å². The summed E-state index contributed by atoms with van der Waals surface area (Å²) in [6, 6.07) is 5.21. The monoisotopic (exact) mass is 151 g/mol. The van der Waals surface area contributed by atoms with Gasteiger partial charge < -0.3 is 5.73 Å². The molecule has 0 spiro atoms. The molecule has 0 fully saturated rings. The Morgan fingerprint density at radius 2 is 2.36 bits per heavy atom. The molecule has 0 amide bonds. The van der Waals surface area contributed by atoms with Crippen LogP contribution >= 0.6 is 0 Å². The highest BCUT2D eigenvalue weighted by Crippen LogP contribution is 2.35. The van der Waals surface area contributed by atoms with Crippen molar-refractivity contribution in [3.8, 4) is 0 Å². The largest absolute Gasteiger partial charge is 0.330 e. The van der Waals surface area contributed by atoms with Crippen LogP contribution in [0.4, 0.5) is 4.39 Å². The number of fused-ring (bicyclic) bond motifs is 1. The first kappa shape index (κ1) is 6.80. The molecule has 1 atom stereocenters. The second-order valence-corrected chi connectivity index (χ2v) is 2.95. The van der Waals surface area contributed by atoms with Crippen LogP contribution in [0.5, 0.6) is 0 Å². The lowest BCUT2D eigenvalue weighted by molar-refractivity contribution is 0.531. The Morgan fingerprint density at radius 1 is 1.55 bits per heavy atom. The van der Waals surface area contributed by atoms with E-state index in [1.807, 2.05) is 6.07 Å². The third kappa shape index (κ3) is 0.862. The fraction of sp³-hybridized carbons (Fsp3) is 0.333. The van der Waals surface area contributed by atoms with E-state index in [1.54, 1.807) is 6.07 Å².